The fraction of sp³-hybridized carbons (Fsp3) is 0.118. The molecule has 3 rings (SSSR count). The minimum absolute atomic E-state index is 0.0346. The Kier molecular flexibility index (Phi) is 4.15. The summed E-state index contributed by atoms with van der Waals surface area (Å²) in [7, 11) is -10.1. The van der Waals surface area contributed by atoms with Crippen molar-refractivity contribution < 1.29 is 32.6 Å². The molecule has 0 radical (unpaired) electrons. The lowest BCUT2D eigenvalue weighted by Crippen LogP contribution is -2.12. The molecule has 12 heteroatoms. The molecule has 0 spiro atoms. The van der Waals surface area contributed by atoms with Gasteiger partial charge in [0, 0.05) is 11.6 Å². The summed E-state index contributed by atoms with van der Waals surface area (Å²) in [6, 6.07) is 7.06. The Labute approximate surface area is 158 Å². The van der Waals surface area contributed by atoms with Gasteiger partial charge in [0.1, 0.15) is 16.5 Å². The van der Waals surface area contributed by atoms with E-state index >= 15 is 0 Å². The third-order valence-corrected chi connectivity index (χ3v) is 5.12. The molecule has 0 N–H and O–H groups in total. The normalized spacial score (nSPS) is 16.0. The summed E-state index contributed by atoms with van der Waals surface area (Å²) >= 11 is 0. The van der Waals surface area contributed by atoms with Crippen LogP contribution in [0.5, 0.6) is 0 Å². The zero-order valence-electron chi connectivity index (χ0n) is 14.0. The summed E-state index contributed by atoms with van der Waals surface area (Å²) in [4.78, 5) is 4.60. The number of pyridine rings is 2. The number of nitrogens with zero attached hydrogens (tertiary/aromatic N) is 3. The summed E-state index contributed by atoms with van der Waals surface area (Å²) in [6.45, 7) is 0. The SMILES string of the molecule is N#CC(c1ccccn1)c1cc(C(F)(F)F)nc2cc(S(F)(F)(F)(F)F)ccc12. The van der Waals surface area contributed by atoms with Gasteiger partial charge in [-0.1, -0.05) is 31.6 Å². The largest absolute Gasteiger partial charge is 0.433 e. The van der Waals surface area contributed by atoms with Crippen LogP contribution in [0.1, 0.15) is 22.9 Å². The van der Waals surface area contributed by atoms with Crippen LogP contribution in [-0.4, -0.2) is 9.97 Å². The molecule has 1 unspecified atom stereocenters. The summed E-state index contributed by atoms with van der Waals surface area (Å²) in [5.74, 6) is -1.39. The second-order valence-corrected chi connectivity index (χ2v) is 8.47. The van der Waals surface area contributed by atoms with Crippen molar-refractivity contribution in [2.24, 2.45) is 0 Å². The summed E-state index contributed by atoms with van der Waals surface area (Å²) in [5.41, 5.74) is -2.89. The number of nitriles is 1. The first-order valence-corrected chi connectivity index (χ1v) is 9.62. The molecule has 154 valence electrons. The van der Waals surface area contributed by atoms with Crippen LogP contribution in [0.3, 0.4) is 0 Å². The van der Waals surface area contributed by atoms with Crippen LogP contribution in [0.2, 0.25) is 0 Å². The lowest BCUT2D eigenvalue weighted by molar-refractivity contribution is -0.141. The van der Waals surface area contributed by atoms with Gasteiger partial charge >= 0.3 is 16.4 Å². The molecule has 0 saturated carbocycles. The first kappa shape index (κ1) is 20.8. The van der Waals surface area contributed by atoms with E-state index in [2.05, 4.69) is 9.97 Å². The standard InChI is InChI=1S/C17H9F8N3S/c18-17(19,20)16-8-12(13(9-26)14-3-1-2-6-27-14)11-5-4-10(7-15(11)28-16)29(21,22,23,24)25/h1-8,13H. The van der Waals surface area contributed by atoms with Gasteiger partial charge in [-0.25, -0.2) is 4.98 Å². The van der Waals surface area contributed by atoms with Crippen molar-refractivity contribution in [3.63, 3.8) is 0 Å². The van der Waals surface area contributed by atoms with Crippen molar-refractivity contribution in [2.75, 3.05) is 0 Å². The van der Waals surface area contributed by atoms with Crippen LogP contribution in [0.4, 0.5) is 32.6 Å². The van der Waals surface area contributed by atoms with Gasteiger partial charge in [0.15, 0.2) is 0 Å². The molecular formula is C17H9F8N3S. The molecular weight excluding hydrogens is 430 g/mol. The monoisotopic (exact) mass is 439 g/mol. The number of alkyl halides is 3. The van der Waals surface area contributed by atoms with E-state index in [4.69, 9.17) is 0 Å². The lowest BCUT2D eigenvalue weighted by Gasteiger charge is -2.40. The van der Waals surface area contributed by atoms with Crippen molar-refractivity contribution in [2.45, 2.75) is 17.0 Å². The maximum absolute atomic E-state index is 13.2. The molecule has 2 heterocycles. The van der Waals surface area contributed by atoms with Crippen molar-refractivity contribution in [3.8, 4) is 6.07 Å². The number of hydrogen-bond acceptors (Lipinski definition) is 3. The molecule has 3 nitrogen and oxygen atoms in total. The Morgan fingerprint density at radius 1 is 0.966 bits per heavy atom. The van der Waals surface area contributed by atoms with Gasteiger partial charge in [0.05, 0.1) is 17.3 Å². The quantitative estimate of drug-likeness (QED) is 0.415. The highest BCUT2D eigenvalue weighted by Crippen LogP contribution is 3.02. The maximum atomic E-state index is 13.2. The fourth-order valence-electron chi connectivity index (χ4n) is 2.70. The van der Waals surface area contributed by atoms with E-state index in [1.165, 1.54) is 24.4 Å². The third kappa shape index (κ3) is 4.24. The molecule has 0 aliphatic carbocycles. The minimum atomic E-state index is -10.1. The molecule has 1 atom stereocenters. The number of fused-ring (bicyclic) bond motifs is 1. The maximum Gasteiger partial charge on any atom is 0.433 e. The van der Waals surface area contributed by atoms with Gasteiger partial charge in [0.25, 0.3) is 0 Å². The van der Waals surface area contributed by atoms with E-state index in [0.29, 0.717) is 12.1 Å². The minimum Gasteiger partial charge on any atom is -0.260 e. The first-order valence-electron chi connectivity index (χ1n) is 7.67. The predicted molar refractivity (Wildman–Crippen MR) is 89.8 cm³/mol. The topological polar surface area (TPSA) is 49.6 Å². The van der Waals surface area contributed by atoms with E-state index in [0.717, 1.165) is 0 Å². The van der Waals surface area contributed by atoms with E-state index in [1.807, 2.05) is 0 Å². The number of halogens is 8. The van der Waals surface area contributed by atoms with Crippen molar-refractivity contribution in [1.29, 1.82) is 5.26 Å². The van der Waals surface area contributed by atoms with Crippen LogP contribution in [0.15, 0.2) is 53.6 Å². The summed E-state index contributed by atoms with van der Waals surface area (Å²) < 4.78 is 105. The Morgan fingerprint density at radius 3 is 2.17 bits per heavy atom. The molecule has 0 saturated heterocycles. The summed E-state index contributed by atoms with van der Waals surface area (Å²) in [6.07, 6.45) is -3.81. The molecule has 3 aromatic rings. The zero-order chi connectivity index (χ0) is 21.7. The second kappa shape index (κ2) is 5.79. The Balaban J connectivity index is 2.37. The van der Waals surface area contributed by atoms with Gasteiger partial charge < -0.3 is 0 Å². The lowest BCUT2D eigenvalue weighted by atomic mass is 9.92. The van der Waals surface area contributed by atoms with Gasteiger partial charge in [-0.15, -0.1) is 0 Å². The molecule has 1 aromatic carbocycles. The van der Waals surface area contributed by atoms with Crippen LogP contribution in [0, 0.1) is 11.3 Å². The summed E-state index contributed by atoms with van der Waals surface area (Å²) in [5, 5.41) is 9.16. The first-order chi connectivity index (χ1) is 13.1. The second-order valence-electron chi connectivity index (χ2n) is 6.06. The molecule has 0 bridgehead atoms. The van der Waals surface area contributed by atoms with Gasteiger partial charge in [-0.3, -0.25) is 4.98 Å². The molecule has 2 aromatic heterocycles. The smallest absolute Gasteiger partial charge is 0.260 e. The van der Waals surface area contributed by atoms with Crippen LogP contribution >= 0.6 is 10.2 Å². The Hall–Kier alpha value is -2.94. The predicted octanol–water partition coefficient (Wildman–Crippen LogP) is 6.96. The Morgan fingerprint density at radius 2 is 1.66 bits per heavy atom. The molecule has 0 fully saturated rings. The van der Waals surface area contributed by atoms with Crippen LogP contribution < -0.4 is 0 Å². The van der Waals surface area contributed by atoms with E-state index in [1.54, 1.807) is 6.07 Å². The van der Waals surface area contributed by atoms with Gasteiger partial charge in [-0.2, -0.15) is 18.4 Å². The molecule has 0 amide bonds. The highest BCUT2D eigenvalue weighted by molar-refractivity contribution is 8.45. The van der Waals surface area contributed by atoms with Crippen molar-refractivity contribution in [3.05, 3.63) is 65.6 Å². The molecule has 0 aliphatic heterocycles. The highest BCUT2D eigenvalue weighted by atomic mass is 32.5. The van der Waals surface area contributed by atoms with E-state index < -0.39 is 38.4 Å². The third-order valence-electron chi connectivity index (χ3n) is 3.97. The Bertz CT molecular complexity index is 1140. The van der Waals surface area contributed by atoms with Gasteiger partial charge in [0.2, 0.25) is 0 Å². The van der Waals surface area contributed by atoms with Crippen LogP contribution in [-0.2, 0) is 6.18 Å². The average Bonchev–Trinajstić information content (AvgIpc) is 2.60. The van der Waals surface area contributed by atoms with E-state index in [9.17, 15) is 37.9 Å². The zero-order valence-corrected chi connectivity index (χ0v) is 14.8. The number of aromatic nitrogens is 2. The number of hydrogen-bond donors (Lipinski definition) is 0. The van der Waals surface area contributed by atoms with Crippen molar-refractivity contribution in [1.82, 2.24) is 9.97 Å². The van der Waals surface area contributed by atoms with Crippen LogP contribution in [0.25, 0.3) is 10.9 Å². The van der Waals surface area contributed by atoms with Gasteiger partial charge in [-0.05, 0) is 35.9 Å². The number of benzene rings is 1. The fourth-order valence-corrected chi connectivity index (χ4v) is 3.36. The molecule has 29 heavy (non-hydrogen) atoms. The highest BCUT2D eigenvalue weighted by Gasteiger charge is 2.65. The average molecular weight is 439 g/mol. The van der Waals surface area contributed by atoms with E-state index in [-0.39, 0.29) is 28.8 Å². The number of rotatable bonds is 3. The van der Waals surface area contributed by atoms with Crippen molar-refractivity contribution >= 4 is 21.1 Å². The molecule has 0 aliphatic rings.